The fourth-order valence-corrected chi connectivity index (χ4v) is 3.68. The summed E-state index contributed by atoms with van der Waals surface area (Å²) in [5.74, 6) is 0.610. The summed E-state index contributed by atoms with van der Waals surface area (Å²) in [6.45, 7) is 1.90. The number of aromatic amines is 1. The lowest BCUT2D eigenvalue weighted by Crippen LogP contribution is -2.11. The summed E-state index contributed by atoms with van der Waals surface area (Å²) < 4.78 is 5.20. The maximum atomic E-state index is 12.8. The van der Waals surface area contributed by atoms with Gasteiger partial charge in [-0.1, -0.05) is 6.07 Å². The topological polar surface area (TPSA) is 67.0 Å². The minimum atomic E-state index is -0.160. The van der Waals surface area contributed by atoms with Crippen molar-refractivity contribution in [2.45, 2.75) is 6.92 Å². The fraction of sp³-hybridized carbons (Fsp3) is 0.100. The van der Waals surface area contributed by atoms with Crippen molar-refractivity contribution in [1.29, 1.82) is 0 Å². The summed E-state index contributed by atoms with van der Waals surface area (Å²) in [4.78, 5) is 21.1. The molecule has 0 radical (unpaired) electrons. The van der Waals surface area contributed by atoms with Gasteiger partial charge in [0.05, 0.1) is 17.8 Å². The van der Waals surface area contributed by atoms with Gasteiger partial charge in [0.25, 0.3) is 5.91 Å². The summed E-state index contributed by atoms with van der Waals surface area (Å²) in [6, 6.07) is 15.3. The molecule has 0 spiro atoms. The van der Waals surface area contributed by atoms with Gasteiger partial charge in [-0.3, -0.25) is 4.79 Å². The lowest BCUT2D eigenvalue weighted by molar-refractivity contribution is 0.103. The number of thiazole rings is 1. The van der Waals surface area contributed by atoms with Gasteiger partial charge < -0.3 is 15.0 Å². The van der Waals surface area contributed by atoms with Crippen LogP contribution in [0.25, 0.3) is 22.2 Å². The van der Waals surface area contributed by atoms with Gasteiger partial charge in [-0.25, -0.2) is 4.98 Å². The van der Waals surface area contributed by atoms with Gasteiger partial charge in [0, 0.05) is 23.0 Å². The molecule has 0 saturated heterocycles. The van der Waals surface area contributed by atoms with Crippen molar-refractivity contribution in [2.24, 2.45) is 0 Å². The highest BCUT2D eigenvalue weighted by Crippen LogP contribution is 2.30. The van der Waals surface area contributed by atoms with E-state index in [2.05, 4.69) is 15.3 Å². The summed E-state index contributed by atoms with van der Waals surface area (Å²) in [7, 11) is 1.63. The number of amides is 1. The van der Waals surface area contributed by atoms with E-state index in [4.69, 9.17) is 4.74 Å². The summed E-state index contributed by atoms with van der Waals surface area (Å²) in [6.07, 6.45) is 1.88. The second-order valence-corrected chi connectivity index (χ2v) is 7.08. The largest absolute Gasteiger partial charge is 0.497 e. The number of benzene rings is 2. The maximum Gasteiger partial charge on any atom is 0.268 e. The van der Waals surface area contributed by atoms with E-state index in [0.29, 0.717) is 10.6 Å². The van der Waals surface area contributed by atoms with Crippen molar-refractivity contribution in [1.82, 2.24) is 9.97 Å². The number of nitrogens with one attached hydrogen (secondary N) is 2. The molecule has 0 aliphatic heterocycles. The third-order valence-corrected chi connectivity index (χ3v) is 5.09. The van der Waals surface area contributed by atoms with E-state index in [-0.39, 0.29) is 5.91 Å². The van der Waals surface area contributed by atoms with Gasteiger partial charge in [-0.2, -0.15) is 0 Å². The van der Waals surface area contributed by atoms with Crippen LogP contribution in [-0.4, -0.2) is 23.0 Å². The Morgan fingerprint density at radius 1 is 1.15 bits per heavy atom. The zero-order chi connectivity index (χ0) is 18.1. The highest BCUT2D eigenvalue weighted by Gasteiger charge is 2.18. The quantitative estimate of drug-likeness (QED) is 0.544. The second-order valence-electron chi connectivity index (χ2n) is 5.87. The molecule has 2 aromatic carbocycles. The normalized spacial score (nSPS) is 10.8. The maximum absolute atomic E-state index is 12.8. The summed E-state index contributed by atoms with van der Waals surface area (Å²) in [5, 5.41) is 4.93. The number of carbonyl (C=O) groups is 1. The van der Waals surface area contributed by atoms with E-state index < -0.39 is 0 Å². The Morgan fingerprint density at radius 2 is 1.96 bits per heavy atom. The third kappa shape index (κ3) is 3.07. The molecule has 0 fully saturated rings. The van der Waals surface area contributed by atoms with E-state index in [1.165, 1.54) is 11.3 Å². The molecule has 1 amide bonds. The van der Waals surface area contributed by atoms with Crippen LogP contribution < -0.4 is 10.1 Å². The molecule has 4 aromatic rings. The van der Waals surface area contributed by atoms with Crippen LogP contribution in [0.3, 0.4) is 0 Å². The van der Waals surface area contributed by atoms with E-state index in [1.54, 1.807) is 7.11 Å². The van der Waals surface area contributed by atoms with Crippen molar-refractivity contribution in [3.8, 4) is 17.0 Å². The van der Waals surface area contributed by atoms with Crippen LogP contribution in [0.15, 0.2) is 54.7 Å². The number of aryl methyl sites for hydroxylation is 1. The second kappa shape index (κ2) is 6.65. The number of aromatic nitrogens is 2. The Kier molecular flexibility index (Phi) is 4.18. The first-order valence-electron chi connectivity index (χ1n) is 8.14. The summed E-state index contributed by atoms with van der Waals surface area (Å²) >= 11 is 1.39. The predicted molar refractivity (Wildman–Crippen MR) is 105 cm³/mol. The number of hydrogen-bond donors (Lipinski definition) is 2. The lowest BCUT2D eigenvalue weighted by Gasteiger charge is -2.06. The number of methoxy groups -OCH3 is 1. The highest BCUT2D eigenvalue weighted by atomic mass is 32.1. The Bertz CT molecular complexity index is 1080. The SMILES string of the molecule is COc1ccc(-c2nc(C)sc2C(=O)Nc2ccc3cc[nH]c3c2)cc1. The Balaban J connectivity index is 1.64. The van der Waals surface area contributed by atoms with E-state index >= 15 is 0 Å². The minimum Gasteiger partial charge on any atom is -0.497 e. The van der Waals surface area contributed by atoms with Crippen molar-refractivity contribution >= 4 is 33.8 Å². The van der Waals surface area contributed by atoms with Gasteiger partial charge in [-0.15, -0.1) is 11.3 Å². The molecule has 5 nitrogen and oxygen atoms in total. The number of carbonyl (C=O) groups excluding carboxylic acids is 1. The van der Waals surface area contributed by atoms with Gasteiger partial charge >= 0.3 is 0 Å². The average Bonchev–Trinajstić information content (AvgIpc) is 3.27. The number of rotatable bonds is 4. The first-order valence-corrected chi connectivity index (χ1v) is 8.96. The van der Waals surface area contributed by atoms with Crippen LogP contribution in [0, 0.1) is 6.92 Å². The van der Waals surface area contributed by atoms with Crippen LogP contribution in [0.2, 0.25) is 0 Å². The van der Waals surface area contributed by atoms with E-state index in [1.807, 2.05) is 61.7 Å². The molecule has 0 saturated carbocycles. The van der Waals surface area contributed by atoms with Crippen LogP contribution in [0.4, 0.5) is 5.69 Å². The fourth-order valence-electron chi connectivity index (χ4n) is 2.84. The van der Waals surface area contributed by atoms with Crippen molar-refractivity contribution < 1.29 is 9.53 Å². The van der Waals surface area contributed by atoms with Crippen molar-refractivity contribution in [2.75, 3.05) is 12.4 Å². The summed E-state index contributed by atoms with van der Waals surface area (Å²) in [5.41, 5.74) is 3.31. The first kappa shape index (κ1) is 16.4. The molecular formula is C20H17N3O2S. The molecule has 0 bridgehead atoms. The number of ether oxygens (including phenoxy) is 1. The van der Waals surface area contributed by atoms with Crippen molar-refractivity contribution in [3.05, 3.63) is 64.6 Å². The van der Waals surface area contributed by atoms with E-state index in [9.17, 15) is 4.79 Å². The van der Waals surface area contributed by atoms with Gasteiger partial charge in [-0.05, 0) is 54.8 Å². The average molecular weight is 363 g/mol. The van der Waals surface area contributed by atoms with Crippen LogP contribution in [0.5, 0.6) is 5.75 Å². The molecule has 0 aliphatic carbocycles. The lowest BCUT2D eigenvalue weighted by atomic mass is 10.1. The molecule has 130 valence electrons. The molecular weight excluding hydrogens is 346 g/mol. The third-order valence-electron chi connectivity index (χ3n) is 4.12. The molecule has 0 aliphatic rings. The molecule has 2 heterocycles. The van der Waals surface area contributed by atoms with Gasteiger partial charge in [0.1, 0.15) is 10.6 Å². The zero-order valence-corrected chi connectivity index (χ0v) is 15.2. The first-order chi connectivity index (χ1) is 12.6. The van der Waals surface area contributed by atoms with Crippen LogP contribution in [-0.2, 0) is 0 Å². The van der Waals surface area contributed by atoms with Crippen LogP contribution in [0.1, 0.15) is 14.7 Å². The number of hydrogen-bond acceptors (Lipinski definition) is 4. The Labute approximate surface area is 154 Å². The van der Waals surface area contributed by atoms with Crippen molar-refractivity contribution in [3.63, 3.8) is 0 Å². The molecule has 2 aromatic heterocycles. The highest BCUT2D eigenvalue weighted by molar-refractivity contribution is 7.14. The zero-order valence-electron chi connectivity index (χ0n) is 14.4. The number of H-pyrrole nitrogens is 1. The monoisotopic (exact) mass is 363 g/mol. The van der Waals surface area contributed by atoms with E-state index in [0.717, 1.165) is 32.9 Å². The van der Waals surface area contributed by atoms with Gasteiger partial charge in [0.15, 0.2) is 0 Å². The molecule has 4 rings (SSSR count). The molecule has 26 heavy (non-hydrogen) atoms. The molecule has 2 N–H and O–H groups in total. The standard InChI is InChI=1S/C20H17N3O2S/c1-12-22-18(14-4-7-16(25-2)8-5-14)19(26-12)20(24)23-15-6-3-13-9-10-21-17(13)11-15/h3-11,21H,1-2H3,(H,23,24). The number of anilines is 1. The number of nitrogens with zero attached hydrogens (tertiary/aromatic N) is 1. The minimum absolute atomic E-state index is 0.160. The number of fused-ring (bicyclic) bond motifs is 1. The molecule has 0 unspecified atom stereocenters. The Morgan fingerprint density at radius 3 is 2.73 bits per heavy atom. The van der Waals surface area contributed by atoms with Crippen LogP contribution >= 0.6 is 11.3 Å². The van der Waals surface area contributed by atoms with Gasteiger partial charge in [0.2, 0.25) is 0 Å². The molecule has 0 atom stereocenters. The predicted octanol–water partition coefficient (Wildman–Crippen LogP) is 4.86. The Hall–Kier alpha value is -3.12. The smallest absolute Gasteiger partial charge is 0.268 e. The molecule has 6 heteroatoms.